The third-order valence-corrected chi connectivity index (χ3v) is 4.03. The average Bonchev–Trinajstić information content (AvgIpc) is 2.83. The van der Waals surface area contributed by atoms with E-state index in [4.69, 9.17) is 4.74 Å². The molecule has 2 atom stereocenters. The maximum atomic E-state index is 5.62. The predicted octanol–water partition coefficient (Wildman–Crippen LogP) is 3.51. The summed E-state index contributed by atoms with van der Waals surface area (Å²) in [6.45, 7) is 4.22. The van der Waals surface area contributed by atoms with Crippen LogP contribution < -0.4 is 5.32 Å². The van der Waals surface area contributed by atoms with Gasteiger partial charge in [0.2, 0.25) is 0 Å². The van der Waals surface area contributed by atoms with Gasteiger partial charge >= 0.3 is 0 Å². The van der Waals surface area contributed by atoms with E-state index >= 15 is 0 Å². The van der Waals surface area contributed by atoms with Gasteiger partial charge < -0.3 is 10.1 Å². The number of rotatable bonds is 5. The molecule has 1 heterocycles. The van der Waals surface area contributed by atoms with Crippen LogP contribution in [0.2, 0.25) is 0 Å². The number of ether oxygens (including phenoxy) is 1. The lowest BCUT2D eigenvalue weighted by atomic mass is 10.1. The number of halogens is 1. The summed E-state index contributed by atoms with van der Waals surface area (Å²) in [4.78, 5) is 0. The van der Waals surface area contributed by atoms with Crippen LogP contribution >= 0.6 is 22.6 Å². The van der Waals surface area contributed by atoms with Crippen LogP contribution in [0.3, 0.4) is 0 Å². The normalized spacial score (nSPS) is 21.6. The van der Waals surface area contributed by atoms with Crippen LogP contribution in [-0.4, -0.2) is 19.3 Å². The minimum Gasteiger partial charge on any atom is -0.378 e. The van der Waals surface area contributed by atoms with E-state index in [1.54, 1.807) is 0 Å². The molecule has 1 aliphatic heterocycles. The average molecular weight is 345 g/mol. The van der Waals surface area contributed by atoms with E-state index in [2.05, 4.69) is 59.1 Å². The van der Waals surface area contributed by atoms with Gasteiger partial charge in [0, 0.05) is 16.2 Å². The summed E-state index contributed by atoms with van der Waals surface area (Å²) in [5.74, 6) is 0. The van der Waals surface area contributed by atoms with Crippen molar-refractivity contribution in [1.82, 2.24) is 5.32 Å². The first-order chi connectivity index (χ1) is 8.25. The standard InChI is InChI=1S/C14H20INO/c1-11(12-4-6-13(15)7-5-12)16-9-8-14-3-2-10-17-14/h4-7,11,14,16H,2-3,8-10H2,1H3. The highest BCUT2D eigenvalue weighted by atomic mass is 127. The van der Waals surface area contributed by atoms with Crippen molar-refractivity contribution in [3.05, 3.63) is 33.4 Å². The molecular weight excluding hydrogens is 325 g/mol. The van der Waals surface area contributed by atoms with Gasteiger partial charge in [0.15, 0.2) is 0 Å². The summed E-state index contributed by atoms with van der Waals surface area (Å²) in [5, 5.41) is 3.56. The van der Waals surface area contributed by atoms with Crippen LogP contribution in [0.1, 0.15) is 37.8 Å². The Hall–Kier alpha value is -0.130. The van der Waals surface area contributed by atoms with Gasteiger partial charge in [-0.15, -0.1) is 0 Å². The fourth-order valence-electron chi connectivity index (χ4n) is 2.20. The Morgan fingerprint density at radius 2 is 2.18 bits per heavy atom. The van der Waals surface area contributed by atoms with Gasteiger partial charge in [-0.3, -0.25) is 0 Å². The van der Waals surface area contributed by atoms with E-state index in [9.17, 15) is 0 Å². The third-order valence-electron chi connectivity index (χ3n) is 3.31. The van der Waals surface area contributed by atoms with Gasteiger partial charge in [-0.25, -0.2) is 0 Å². The quantitative estimate of drug-likeness (QED) is 0.825. The first kappa shape index (κ1) is 13.3. The predicted molar refractivity (Wildman–Crippen MR) is 79.2 cm³/mol. The lowest BCUT2D eigenvalue weighted by Gasteiger charge is -2.16. The van der Waals surface area contributed by atoms with Crippen LogP contribution in [0, 0.1) is 3.57 Å². The van der Waals surface area contributed by atoms with Gasteiger partial charge in [0.1, 0.15) is 0 Å². The molecule has 17 heavy (non-hydrogen) atoms. The van der Waals surface area contributed by atoms with Gasteiger partial charge in [-0.05, 0) is 73.0 Å². The van der Waals surface area contributed by atoms with E-state index in [0.29, 0.717) is 12.1 Å². The molecule has 2 unspecified atom stereocenters. The van der Waals surface area contributed by atoms with E-state index in [-0.39, 0.29) is 0 Å². The minimum absolute atomic E-state index is 0.424. The summed E-state index contributed by atoms with van der Waals surface area (Å²) < 4.78 is 6.90. The highest BCUT2D eigenvalue weighted by Crippen LogP contribution is 2.17. The van der Waals surface area contributed by atoms with Crippen molar-refractivity contribution < 1.29 is 4.74 Å². The molecule has 1 aliphatic rings. The summed E-state index contributed by atoms with van der Waals surface area (Å²) in [6.07, 6.45) is 4.09. The molecule has 1 fully saturated rings. The van der Waals surface area contributed by atoms with Crippen LogP contribution in [0.15, 0.2) is 24.3 Å². The molecule has 2 rings (SSSR count). The Bertz CT molecular complexity index is 333. The molecule has 0 saturated carbocycles. The molecular formula is C14H20INO. The summed E-state index contributed by atoms with van der Waals surface area (Å²) in [6, 6.07) is 9.15. The molecule has 0 spiro atoms. The molecule has 2 nitrogen and oxygen atoms in total. The van der Waals surface area contributed by atoms with E-state index in [1.807, 2.05) is 0 Å². The maximum absolute atomic E-state index is 5.62. The van der Waals surface area contributed by atoms with Crippen LogP contribution in [0.25, 0.3) is 0 Å². The van der Waals surface area contributed by atoms with Gasteiger partial charge in [-0.1, -0.05) is 12.1 Å². The summed E-state index contributed by atoms with van der Waals surface area (Å²) in [7, 11) is 0. The van der Waals surface area contributed by atoms with Crippen molar-refractivity contribution in [2.75, 3.05) is 13.2 Å². The number of hydrogen-bond donors (Lipinski definition) is 1. The largest absolute Gasteiger partial charge is 0.378 e. The van der Waals surface area contributed by atoms with E-state index in [1.165, 1.54) is 22.0 Å². The highest BCUT2D eigenvalue weighted by molar-refractivity contribution is 14.1. The van der Waals surface area contributed by atoms with E-state index in [0.717, 1.165) is 19.6 Å². The smallest absolute Gasteiger partial charge is 0.0588 e. The SMILES string of the molecule is CC(NCCC1CCCO1)c1ccc(I)cc1. The fraction of sp³-hybridized carbons (Fsp3) is 0.571. The van der Waals surface area contributed by atoms with Crippen molar-refractivity contribution >= 4 is 22.6 Å². The maximum Gasteiger partial charge on any atom is 0.0588 e. The molecule has 1 N–H and O–H groups in total. The number of hydrogen-bond acceptors (Lipinski definition) is 2. The van der Waals surface area contributed by atoms with Crippen molar-refractivity contribution in [1.29, 1.82) is 0 Å². The first-order valence-corrected chi connectivity index (χ1v) is 7.44. The topological polar surface area (TPSA) is 21.3 Å². The Kier molecular flexibility index (Phi) is 5.25. The molecule has 0 bridgehead atoms. The molecule has 0 aromatic heterocycles. The first-order valence-electron chi connectivity index (χ1n) is 6.36. The van der Waals surface area contributed by atoms with Crippen molar-refractivity contribution in [2.45, 2.75) is 38.3 Å². The van der Waals surface area contributed by atoms with Crippen molar-refractivity contribution in [3.8, 4) is 0 Å². The highest BCUT2D eigenvalue weighted by Gasteiger charge is 2.15. The molecule has 1 saturated heterocycles. The molecule has 0 amide bonds. The molecule has 1 aromatic rings. The molecule has 3 heteroatoms. The Morgan fingerprint density at radius 3 is 2.82 bits per heavy atom. The van der Waals surface area contributed by atoms with Gasteiger partial charge in [0.25, 0.3) is 0 Å². The Balaban J connectivity index is 1.72. The fourth-order valence-corrected chi connectivity index (χ4v) is 2.56. The Morgan fingerprint density at radius 1 is 1.41 bits per heavy atom. The minimum atomic E-state index is 0.424. The zero-order valence-electron chi connectivity index (χ0n) is 10.3. The Labute approximate surface area is 117 Å². The zero-order valence-corrected chi connectivity index (χ0v) is 12.4. The lowest BCUT2D eigenvalue weighted by molar-refractivity contribution is 0.103. The summed E-state index contributed by atoms with van der Waals surface area (Å²) in [5.41, 5.74) is 1.36. The third kappa shape index (κ3) is 4.23. The molecule has 0 radical (unpaired) electrons. The van der Waals surface area contributed by atoms with Crippen LogP contribution in [0.4, 0.5) is 0 Å². The monoisotopic (exact) mass is 345 g/mol. The number of benzene rings is 1. The van der Waals surface area contributed by atoms with Crippen LogP contribution in [-0.2, 0) is 4.74 Å². The second-order valence-corrected chi connectivity index (χ2v) is 5.90. The molecule has 1 aromatic carbocycles. The zero-order chi connectivity index (χ0) is 12.1. The van der Waals surface area contributed by atoms with Crippen molar-refractivity contribution in [2.24, 2.45) is 0 Å². The number of nitrogens with one attached hydrogen (secondary N) is 1. The molecule has 94 valence electrons. The summed E-state index contributed by atoms with van der Waals surface area (Å²) >= 11 is 2.34. The van der Waals surface area contributed by atoms with E-state index < -0.39 is 0 Å². The lowest BCUT2D eigenvalue weighted by Crippen LogP contribution is -2.23. The second-order valence-electron chi connectivity index (χ2n) is 4.65. The van der Waals surface area contributed by atoms with Crippen molar-refractivity contribution in [3.63, 3.8) is 0 Å². The van der Waals surface area contributed by atoms with Crippen LogP contribution in [0.5, 0.6) is 0 Å². The van der Waals surface area contributed by atoms with Gasteiger partial charge in [0.05, 0.1) is 6.10 Å². The van der Waals surface area contributed by atoms with Gasteiger partial charge in [-0.2, -0.15) is 0 Å². The second kappa shape index (κ2) is 6.71. The molecule has 0 aliphatic carbocycles.